The molecule has 144 valence electrons. The van der Waals surface area contributed by atoms with Gasteiger partial charge in [0.2, 0.25) is 0 Å². The van der Waals surface area contributed by atoms with E-state index in [-0.39, 0.29) is 5.60 Å². The van der Waals surface area contributed by atoms with E-state index in [1.54, 1.807) is 0 Å². The SMILES string of the molecule is COP(=O)(CCCC1(C)CCc2cc(O)c3c(c2O1)C1CCC3C1)OC. The summed E-state index contributed by atoms with van der Waals surface area (Å²) in [6, 6.07) is 1.93. The molecule has 1 heterocycles. The van der Waals surface area contributed by atoms with Crippen molar-refractivity contribution in [1.82, 2.24) is 0 Å². The van der Waals surface area contributed by atoms with Gasteiger partial charge in [0, 0.05) is 25.3 Å². The Morgan fingerprint density at radius 1 is 1.27 bits per heavy atom. The molecule has 0 spiro atoms. The molecule has 5 nitrogen and oxygen atoms in total. The molecule has 1 N–H and O–H groups in total. The van der Waals surface area contributed by atoms with Crippen molar-refractivity contribution in [1.29, 1.82) is 0 Å². The molecule has 1 fully saturated rings. The maximum absolute atomic E-state index is 12.3. The maximum Gasteiger partial charge on any atom is 0.330 e. The van der Waals surface area contributed by atoms with Crippen LogP contribution in [0.5, 0.6) is 11.5 Å². The second kappa shape index (κ2) is 6.54. The smallest absolute Gasteiger partial charge is 0.330 e. The summed E-state index contributed by atoms with van der Waals surface area (Å²) >= 11 is 0. The number of aryl methyl sites for hydroxylation is 1. The molecule has 0 radical (unpaired) electrons. The van der Waals surface area contributed by atoms with Crippen molar-refractivity contribution in [3.63, 3.8) is 0 Å². The lowest BCUT2D eigenvalue weighted by Gasteiger charge is -2.38. The lowest BCUT2D eigenvalue weighted by atomic mass is 9.83. The van der Waals surface area contributed by atoms with Crippen LogP contribution in [0.3, 0.4) is 0 Å². The van der Waals surface area contributed by atoms with Gasteiger partial charge in [-0.2, -0.15) is 0 Å². The molecule has 3 unspecified atom stereocenters. The fourth-order valence-corrected chi connectivity index (χ4v) is 6.22. The Morgan fingerprint density at radius 2 is 1.96 bits per heavy atom. The number of phenolic OH excluding ortho intramolecular Hbond substituents is 1. The van der Waals surface area contributed by atoms with E-state index < -0.39 is 7.60 Å². The standard InChI is InChI=1S/C20H29O5P/c1-20(8-4-10-26(22,23-2)24-3)9-7-15-12-16(21)17-13-5-6-14(11-13)18(17)19(15)25-20/h12-14,21H,4-11H2,1-3H3. The van der Waals surface area contributed by atoms with Gasteiger partial charge in [-0.1, -0.05) is 0 Å². The van der Waals surface area contributed by atoms with Crippen LogP contribution in [-0.2, 0) is 20.0 Å². The lowest BCUT2D eigenvalue weighted by Crippen LogP contribution is -2.37. The highest BCUT2D eigenvalue weighted by Crippen LogP contribution is 2.60. The fraction of sp³-hybridized carbons (Fsp3) is 0.700. The van der Waals surface area contributed by atoms with Crippen molar-refractivity contribution in [2.75, 3.05) is 20.4 Å². The van der Waals surface area contributed by atoms with Crippen LogP contribution in [0.2, 0.25) is 0 Å². The molecular weight excluding hydrogens is 351 g/mol. The first-order valence-corrected chi connectivity index (χ1v) is 11.4. The molecule has 0 saturated heterocycles. The molecule has 1 aromatic carbocycles. The zero-order chi connectivity index (χ0) is 18.5. The van der Waals surface area contributed by atoms with E-state index in [9.17, 15) is 9.67 Å². The molecule has 0 amide bonds. The van der Waals surface area contributed by atoms with E-state index in [2.05, 4.69) is 6.92 Å². The third-order valence-corrected chi connectivity index (χ3v) is 8.60. The third kappa shape index (κ3) is 2.98. The van der Waals surface area contributed by atoms with Gasteiger partial charge in [-0.05, 0) is 75.3 Å². The third-order valence-electron chi connectivity index (χ3n) is 6.63. The summed E-state index contributed by atoms with van der Waals surface area (Å²) in [7, 11) is -0.0926. The van der Waals surface area contributed by atoms with Crippen LogP contribution in [0.25, 0.3) is 0 Å². The number of hydrogen-bond donors (Lipinski definition) is 1. The monoisotopic (exact) mass is 380 g/mol. The molecule has 26 heavy (non-hydrogen) atoms. The fourth-order valence-electron chi connectivity index (χ4n) is 5.16. The Hall–Kier alpha value is -1.03. The number of rotatable bonds is 6. The molecule has 1 saturated carbocycles. The second-order valence-electron chi connectivity index (χ2n) is 8.27. The molecule has 2 aliphatic carbocycles. The Balaban J connectivity index is 1.54. The van der Waals surface area contributed by atoms with Gasteiger partial charge in [-0.15, -0.1) is 0 Å². The summed E-state index contributed by atoms with van der Waals surface area (Å²) in [6.45, 7) is 2.15. The van der Waals surface area contributed by atoms with E-state index in [4.69, 9.17) is 13.8 Å². The molecule has 2 bridgehead atoms. The number of hydrogen-bond acceptors (Lipinski definition) is 5. The normalized spacial score (nSPS) is 29.3. The zero-order valence-electron chi connectivity index (χ0n) is 15.9. The Morgan fingerprint density at radius 3 is 2.65 bits per heavy atom. The number of benzene rings is 1. The first-order chi connectivity index (χ1) is 12.4. The van der Waals surface area contributed by atoms with E-state index in [0.717, 1.165) is 49.0 Å². The summed E-state index contributed by atoms with van der Waals surface area (Å²) in [5.74, 6) is 2.55. The maximum atomic E-state index is 12.3. The number of phenols is 1. The minimum Gasteiger partial charge on any atom is -0.508 e. The van der Waals surface area contributed by atoms with Crippen molar-refractivity contribution >= 4 is 7.60 Å². The van der Waals surface area contributed by atoms with Gasteiger partial charge in [0.25, 0.3) is 0 Å². The molecule has 3 atom stereocenters. The zero-order valence-corrected chi connectivity index (χ0v) is 16.8. The Bertz CT molecular complexity index is 753. The molecule has 3 aliphatic rings. The van der Waals surface area contributed by atoms with Crippen LogP contribution in [0, 0.1) is 0 Å². The van der Waals surface area contributed by atoms with E-state index in [1.165, 1.54) is 32.6 Å². The van der Waals surface area contributed by atoms with Crippen molar-refractivity contribution in [2.45, 2.75) is 69.3 Å². The predicted molar refractivity (Wildman–Crippen MR) is 101 cm³/mol. The summed E-state index contributed by atoms with van der Waals surface area (Å²) in [5.41, 5.74) is 3.30. The van der Waals surface area contributed by atoms with Crippen LogP contribution in [-0.4, -0.2) is 31.1 Å². The van der Waals surface area contributed by atoms with Gasteiger partial charge < -0.3 is 18.9 Å². The van der Waals surface area contributed by atoms with E-state index in [1.807, 2.05) is 6.07 Å². The van der Waals surface area contributed by atoms with Gasteiger partial charge in [0.1, 0.15) is 17.1 Å². The average molecular weight is 380 g/mol. The summed E-state index contributed by atoms with van der Waals surface area (Å²) in [5, 5.41) is 10.5. The van der Waals surface area contributed by atoms with Gasteiger partial charge in [0.15, 0.2) is 0 Å². The quantitative estimate of drug-likeness (QED) is 0.695. The van der Waals surface area contributed by atoms with Crippen LogP contribution < -0.4 is 4.74 Å². The topological polar surface area (TPSA) is 65.0 Å². The molecule has 4 rings (SSSR count). The summed E-state index contributed by atoms with van der Waals surface area (Å²) < 4.78 is 28.9. The Kier molecular flexibility index (Phi) is 4.61. The Labute approximate surface area is 155 Å². The largest absolute Gasteiger partial charge is 0.508 e. The first kappa shape index (κ1) is 18.3. The van der Waals surface area contributed by atoms with E-state index in [0.29, 0.717) is 23.7 Å². The van der Waals surface area contributed by atoms with Crippen molar-refractivity contribution < 1.29 is 23.5 Å². The van der Waals surface area contributed by atoms with Gasteiger partial charge in [-0.25, -0.2) is 0 Å². The predicted octanol–water partition coefficient (Wildman–Crippen LogP) is 5.11. The van der Waals surface area contributed by atoms with Crippen molar-refractivity contribution in [3.05, 3.63) is 22.8 Å². The minimum atomic E-state index is -2.96. The van der Waals surface area contributed by atoms with Gasteiger partial charge >= 0.3 is 7.60 Å². The average Bonchev–Trinajstić information content (AvgIpc) is 3.24. The molecule has 0 aromatic heterocycles. The molecule has 1 aliphatic heterocycles. The minimum absolute atomic E-state index is 0.272. The van der Waals surface area contributed by atoms with Crippen LogP contribution in [0.1, 0.15) is 74.0 Å². The second-order valence-corrected chi connectivity index (χ2v) is 10.7. The number of ether oxygens (including phenoxy) is 1. The van der Waals surface area contributed by atoms with Crippen molar-refractivity contribution in [3.8, 4) is 11.5 Å². The highest BCUT2D eigenvalue weighted by molar-refractivity contribution is 7.53. The highest BCUT2D eigenvalue weighted by Gasteiger charge is 2.44. The molecule has 6 heteroatoms. The lowest BCUT2D eigenvalue weighted by molar-refractivity contribution is 0.0535. The summed E-state index contributed by atoms with van der Waals surface area (Å²) in [6.07, 6.45) is 7.31. The van der Waals surface area contributed by atoms with Crippen LogP contribution >= 0.6 is 7.60 Å². The van der Waals surface area contributed by atoms with Crippen molar-refractivity contribution in [2.24, 2.45) is 0 Å². The summed E-state index contributed by atoms with van der Waals surface area (Å²) in [4.78, 5) is 0. The molecule has 1 aromatic rings. The van der Waals surface area contributed by atoms with Crippen LogP contribution in [0.4, 0.5) is 0 Å². The van der Waals surface area contributed by atoms with Gasteiger partial charge in [0.05, 0.1) is 6.16 Å². The highest BCUT2D eigenvalue weighted by atomic mass is 31.2. The van der Waals surface area contributed by atoms with E-state index >= 15 is 0 Å². The number of aromatic hydroxyl groups is 1. The van der Waals surface area contributed by atoms with Crippen LogP contribution in [0.15, 0.2) is 6.07 Å². The first-order valence-electron chi connectivity index (χ1n) is 9.66. The molecular formula is C20H29O5P. The van der Waals surface area contributed by atoms with Gasteiger partial charge in [-0.3, -0.25) is 4.57 Å². The number of fused-ring (bicyclic) bond motifs is 7.